The van der Waals surface area contributed by atoms with Gasteiger partial charge in [-0.2, -0.15) is 0 Å². The van der Waals surface area contributed by atoms with Crippen LogP contribution in [0.4, 0.5) is 0 Å². The normalized spacial score (nSPS) is 22.6. The molecule has 2 aromatic carbocycles. The van der Waals surface area contributed by atoms with Crippen molar-refractivity contribution >= 4 is 0 Å². The first-order valence-corrected chi connectivity index (χ1v) is 7.28. The number of hydrogen-bond donors (Lipinski definition) is 1. The van der Waals surface area contributed by atoms with Crippen LogP contribution in [0.25, 0.3) is 0 Å². The summed E-state index contributed by atoms with van der Waals surface area (Å²) in [7, 11) is 0. The second-order valence-electron chi connectivity index (χ2n) is 5.83. The summed E-state index contributed by atoms with van der Waals surface area (Å²) >= 11 is 0. The first kappa shape index (κ1) is 12.1. The quantitative estimate of drug-likeness (QED) is 0.848. The highest BCUT2D eigenvalue weighted by molar-refractivity contribution is 5.47. The van der Waals surface area contributed by atoms with Crippen LogP contribution in [0.15, 0.2) is 48.5 Å². The molecule has 1 unspecified atom stereocenters. The van der Waals surface area contributed by atoms with Crippen molar-refractivity contribution in [1.29, 1.82) is 0 Å². The molecule has 0 saturated carbocycles. The maximum Gasteiger partial charge on any atom is 0.118 e. The Balaban J connectivity index is 1.93. The highest BCUT2D eigenvalue weighted by Gasteiger charge is 2.42. The van der Waals surface area contributed by atoms with Crippen LogP contribution in [0.1, 0.15) is 28.7 Å². The molecule has 2 nitrogen and oxygen atoms in total. The predicted octanol–water partition coefficient (Wildman–Crippen LogP) is 2.81. The van der Waals surface area contributed by atoms with Gasteiger partial charge in [0.05, 0.1) is 12.7 Å². The minimum atomic E-state index is -0.912. The molecule has 1 fully saturated rings. The Hall–Kier alpha value is -1.64. The fourth-order valence-electron chi connectivity index (χ4n) is 3.43. The molecule has 1 heterocycles. The summed E-state index contributed by atoms with van der Waals surface area (Å²) in [6, 6.07) is 16.6. The van der Waals surface area contributed by atoms with Gasteiger partial charge in [0.25, 0.3) is 0 Å². The Labute approximate surface area is 119 Å². The molecule has 0 amide bonds. The van der Waals surface area contributed by atoms with Crippen molar-refractivity contribution in [1.82, 2.24) is 0 Å². The maximum atomic E-state index is 11.5. The summed E-state index contributed by atoms with van der Waals surface area (Å²) in [6.45, 7) is 0.770. The molecular formula is C18H18O2. The van der Waals surface area contributed by atoms with E-state index in [0.717, 1.165) is 30.6 Å². The van der Waals surface area contributed by atoms with Crippen LogP contribution >= 0.6 is 0 Å². The van der Waals surface area contributed by atoms with Gasteiger partial charge in [0.1, 0.15) is 5.60 Å². The van der Waals surface area contributed by atoms with Crippen LogP contribution in [-0.4, -0.2) is 17.8 Å². The second-order valence-corrected chi connectivity index (χ2v) is 5.83. The molecule has 2 aliphatic rings. The first-order chi connectivity index (χ1) is 9.77. The van der Waals surface area contributed by atoms with Gasteiger partial charge in [-0.15, -0.1) is 0 Å². The maximum absolute atomic E-state index is 11.5. The fourth-order valence-corrected chi connectivity index (χ4v) is 3.43. The number of rotatable bonds is 2. The number of benzene rings is 2. The van der Waals surface area contributed by atoms with Gasteiger partial charge in [0.15, 0.2) is 0 Å². The number of aryl methyl sites for hydroxylation is 2. The van der Waals surface area contributed by atoms with Gasteiger partial charge in [-0.25, -0.2) is 0 Å². The van der Waals surface area contributed by atoms with Gasteiger partial charge >= 0.3 is 0 Å². The van der Waals surface area contributed by atoms with Crippen molar-refractivity contribution in [3.05, 3.63) is 70.8 Å². The van der Waals surface area contributed by atoms with E-state index in [9.17, 15) is 5.11 Å². The highest BCUT2D eigenvalue weighted by Crippen LogP contribution is 2.42. The molecule has 2 aromatic rings. The average molecular weight is 266 g/mol. The van der Waals surface area contributed by atoms with Crippen LogP contribution < -0.4 is 0 Å². The van der Waals surface area contributed by atoms with Crippen molar-refractivity contribution in [2.45, 2.75) is 31.0 Å². The van der Waals surface area contributed by atoms with Gasteiger partial charge in [0, 0.05) is 6.42 Å². The van der Waals surface area contributed by atoms with Crippen molar-refractivity contribution in [2.75, 3.05) is 6.61 Å². The molecule has 1 saturated heterocycles. The molecular weight excluding hydrogens is 248 g/mol. The Kier molecular flexibility index (Phi) is 2.69. The number of aliphatic hydroxyl groups is 1. The van der Waals surface area contributed by atoms with Crippen molar-refractivity contribution in [3.63, 3.8) is 0 Å². The number of epoxide rings is 1. The molecule has 4 rings (SSSR count). The SMILES string of the molecule is OC1(CC2CO2)c2ccccc2CCc2ccccc21. The summed E-state index contributed by atoms with van der Waals surface area (Å²) in [6.07, 6.45) is 2.82. The third-order valence-corrected chi connectivity index (χ3v) is 4.51. The second kappa shape index (κ2) is 4.44. The molecule has 0 aromatic heterocycles. The Morgan fingerprint density at radius 1 is 0.950 bits per heavy atom. The van der Waals surface area contributed by atoms with E-state index in [2.05, 4.69) is 36.4 Å². The third kappa shape index (κ3) is 1.88. The van der Waals surface area contributed by atoms with Crippen LogP contribution in [0.3, 0.4) is 0 Å². The Morgan fingerprint density at radius 2 is 1.45 bits per heavy atom. The summed E-state index contributed by atoms with van der Waals surface area (Å²) in [4.78, 5) is 0. The molecule has 1 atom stereocenters. The topological polar surface area (TPSA) is 32.8 Å². The van der Waals surface area contributed by atoms with E-state index in [-0.39, 0.29) is 6.10 Å². The molecule has 1 aliphatic heterocycles. The van der Waals surface area contributed by atoms with E-state index in [1.54, 1.807) is 0 Å². The largest absolute Gasteiger partial charge is 0.380 e. The minimum absolute atomic E-state index is 0.194. The molecule has 2 heteroatoms. The predicted molar refractivity (Wildman–Crippen MR) is 77.6 cm³/mol. The zero-order valence-electron chi connectivity index (χ0n) is 11.4. The van der Waals surface area contributed by atoms with Gasteiger partial charge in [-0.05, 0) is 35.1 Å². The van der Waals surface area contributed by atoms with Crippen LogP contribution in [0, 0.1) is 0 Å². The minimum Gasteiger partial charge on any atom is -0.380 e. The lowest BCUT2D eigenvalue weighted by Gasteiger charge is -2.30. The Bertz CT molecular complexity index is 596. The lowest BCUT2D eigenvalue weighted by molar-refractivity contribution is 0.0615. The van der Waals surface area contributed by atoms with Crippen LogP contribution in [-0.2, 0) is 23.2 Å². The zero-order chi connectivity index (χ0) is 13.6. The monoisotopic (exact) mass is 266 g/mol. The van der Waals surface area contributed by atoms with E-state index in [1.165, 1.54) is 11.1 Å². The fraction of sp³-hybridized carbons (Fsp3) is 0.333. The van der Waals surface area contributed by atoms with Crippen molar-refractivity contribution in [2.24, 2.45) is 0 Å². The molecule has 1 aliphatic carbocycles. The van der Waals surface area contributed by atoms with Gasteiger partial charge < -0.3 is 9.84 Å². The third-order valence-electron chi connectivity index (χ3n) is 4.51. The summed E-state index contributed by atoms with van der Waals surface area (Å²) in [5.41, 5.74) is 3.71. The molecule has 0 radical (unpaired) electrons. The van der Waals surface area contributed by atoms with Crippen molar-refractivity contribution in [3.8, 4) is 0 Å². The van der Waals surface area contributed by atoms with Crippen LogP contribution in [0.2, 0.25) is 0 Å². The molecule has 0 spiro atoms. The van der Waals surface area contributed by atoms with E-state index in [4.69, 9.17) is 4.74 Å². The lowest BCUT2D eigenvalue weighted by Crippen LogP contribution is -2.30. The van der Waals surface area contributed by atoms with Gasteiger partial charge in [-0.1, -0.05) is 48.5 Å². The highest BCUT2D eigenvalue weighted by atomic mass is 16.6. The van der Waals surface area contributed by atoms with Crippen LogP contribution in [0.5, 0.6) is 0 Å². The summed E-state index contributed by atoms with van der Waals surface area (Å²) in [5, 5.41) is 11.5. The van der Waals surface area contributed by atoms with E-state index in [0.29, 0.717) is 6.42 Å². The van der Waals surface area contributed by atoms with E-state index in [1.807, 2.05) is 12.1 Å². The Morgan fingerprint density at radius 3 is 1.95 bits per heavy atom. The standard InChI is InChI=1S/C18H18O2/c19-18(11-15-12-20-15)16-7-3-1-5-13(16)9-10-14-6-2-4-8-17(14)18/h1-8,15,19H,9-12H2. The van der Waals surface area contributed by atoms with E-state index < -0.39 is 5.60 Å². The number of hydrogen-bond acceptors (Lipinski definition) is 2. The molecule has 1 N–H and O–H groups in total. The molecule has 102 valence electrons. The smallest absolute Gasteiger partial charge is 0.118 e. The van der Waals surface area contributed by atoms with Gasteiger partial charge in [0.2, 0.25) is 0 Å². The lowest BCUT2D eigenvalue weighted by atomic mass is 9.80. The van der Waals surface area contributed by atoms with Crippen molar-refractivity contribution < 1.29 is 9.84 Å². The average Bonchev–Trinajstić information content (AvgIpc) is 3.29. The summed E-state index contributed by atoms with van der Waals surface area (Å²) < 4.78 is 5.39. The number of fused-ring (bicyclic) bond motifs is 2. The van der Waals surface area contributed by atoms with E-state index >= 15 is 0 Å². The van der Waals surface area contributed by atoms with Gasteiger partial charge in [-0.3, -0.25) is 0 Å². The zero-order valence-corrected chi connectivity index (χ0v) is 11.4. The first-order valence-electron chi connectivity index (χ1n) is 7.28. The molecule has 20 heavy (non-hydrogen) atoms. The molecule has 0 bridgehead atoms. The number of ether oxygens (including phenoxy) is 1. The summed E-state index contributed by atoms with van der Waals surface area (Å²) in [5.74, 6) is 0.